The van der Waals surface area contributed by atoms with Gasteiger partial charge in [-0.1, -0.05) is 0 Å². The van der Waals surface area contributed by atoms with Crippen LogP contribution in [0.1, 0.15) is 21.6 Å². The molecular weight excluding hydrogens is 422 g/mol. The number of rotatable bonds is 6. The summed E-state index contributed by atoms with van der Waals surface area (Å²) in [5.41, 5.74) is 4.68. The molecule has 1 fully saturated rings. The van der Waals surface area contributed by atoms with Gasteiger partial charge in [-0.25, -0.2) is 4.98 Å². The number of methoxy groups -OCH3 is 2. The van der Waals surface area contributed by atoms with Crippen molar-refractivity contribution in [2.75, 3.05) is 45.4 Å². The molecule has 5 heterocycles. The lowest BCUT2D eigenvalue weighted by atomic mass is 10.1. The zero-order valence-corrected chi connectivity index (χ0v) is 18.7. The molecule has 9 nitrogen and oxygen atoms in total. The Labute approximate surface area is 191 Å². The third-order valence-corrected chi connectivity index (χ3v) is 5.89. The molecule has 33 heavy (non-hydrogen) atoms. The van der Waals surface area contributed by atoms with Gasteiger partial charge in [-0.2, -0.15) is 0 Å². The number of carbonyl (C=O) groups is 1. The maximum Gasteiger partial charge on any atom is 0.260 e. The Kier molecular flexibility index (Phi) is 5.89. The second-order valence-electron chi connectivity index (χ2n) is 7.96. The van der Waals surface area contributed by atoms with Gasteiger partial charge < -0.3 is 19.1 Å². The number of pyridine rings is 3. The van der Waals surface area contributed by atoms with E-state index in [9.17, 15) is 4.79 Å². The van der Waals surface area contributed by atoms with Gasteiger partial charge in [0.15, 0.2) is 5.75 Å². The summed E-state index contributed by atoms with van der Waals surface area (Å²) in [5, 5.41) is 0. The van der Waals surface area contributed by atoms with Gasteiger partial charge >= 0.3 is 0 Å². The van der Waals surface area contributed by atoms with E-state index in [2.05, 4.69) is 14.9 Å². The lowest BCUT2D eigenvalue weighted by Gasteiger charge is -2.26. The van der Waals surface area contributed by atoms with Crippen molar-refractivity contribution in [1.29, 1.82) is 0 Å². The van der Waals surface area contributed by atoms with E-state index in [1.165, 1.54) is 0 Å². The van der Waals surface area contributed by atoms with Crippen LogP contribution < -0.4 is 14.4 Å². The second kappa shape index (κ2) is 9.13. The summed E-state index contributed by atoms with van der Waals surface area (Å²) in [4.78, 5) is 30.6. The van der Waals surface area contributed by atoms with Gasteiger partial charge in [-0.3, -0.25) is 19.7 Å². The van der Waals surface area contributed by atoms with Gasteiger partial charge in [0.25, 0.3) is 11.8 Å². The summed E-state index contributed by atoms with van der Waals surface area (Å²) in [6, 6.07) is 7.51. The smallest absolute Gasteiger partial charge is 0.260 e. The van der Waals surface area contributed by atoms with E-state index >= 15 is 0 Å². The van der Waals surface area contributed by atoms with Crippen LogP contribution in [0.3, 0.4) is 0 Å². The summed E-state index contributed by atoms with van der Waals surface area (Å²) in [6.07, 6.45) is 5.27. The standard InChI is InChI=1S/C24H25N5O4/c1-31-22-10-17(12-26-23(22)32-2)20-4-3-19-21(27-20)15-29(24(19)30)18-9-16(11-25-13-18)14-28-5-7-33-8-6-28/h3-4,9-13H,5-8,14-15H2,1-2H3. The van der Waals surface area contributed by atoms with Gasteiger partial charge in [-0.15, -0.1) is 0 Å². The first-order valence-corrected chi connectivity index (χ1v) is 10.8. The van der Waals surface area contributed by atoms with Crippen molar-refractivity contribution in [3.8, 4) is 22.9 Å². The molecule has 0 aliphatic carbocycles. The Balaban J connectivity index is 1.38. The number of amides is 1. The Morgan fingerprint density at radius 3 is 2.70 bits per heavy atom. The monoisotopic (exact) mass is 447 g/mol. The number of morpholine rings is 1. The number of fused-ring (bicyclic) bond motifs is 1. The molecule has 3 aromatic rings. The minimum absolute atomic E-state index is 0.0696. The molecular formula is C24H25N5O4. The van der Waals surface area contributed by atoms with E-state index in [0.717, 1.165) is 61.1 Å². The molecule has 3 aromatic heterocycles. The number of hydrogen-bond acceptors (Lipinski definition) is 8. The molecule has 0 spiro atoms. The van der Waals surface area contributed by atoms with E-state index in [1.807, 2.05) is 30.5 Å². The van der Waals surface area contributed by atoms with Crippen molar-refractivity contribution < 1.29 is 19.0 Å². The van der Waals surface area contributed by atoms with E-state index in [0.29, 0.717) is 23.7 Å². The lowest BCUT2D eigenvalue weighted by molar-refractivity contribution is 0.0341. The molecule has 5 rings (SSSR count). The Hall–Kier alpha value is -3.56. The molecule has 0 atom stereocenters. The van der Waals surface area contributed by atoms with Gasteiger partial charge in [0, 0.05) is 37.6 Å². The van der Waals surface area contributed by atoms with Crippen molar-refractivity contribution in [1.82, 2.24) is 19.9 Å². The largest absolute Gasteiger partial charge is 0.491 e. The van der Waals surface area contributed by atoms with Crippen molar-refractivity contribution >= 4 is 11.6 Å². The fourth-order valence-electron chi connectivity index (χ4n) is 4.15. The number of hydrogen-bond donors (Lipinski definition) is 0. The molecule has 1 saturated heterocycles. The van der Waals surface area contributed by atoms with Gasteiger partial charge in [0.1, 0.15) is 0 Å². The molecule has 0 saturated carbocycles. The highest BCUT2D eigenvalue weighted by Crippen LogP contribution is 2.32. The predicted molar refractivity (Wildman–Crippen MR) is 121 cm³/mol. The first-order chi connectivity index (χ1) is 16.2. The number of carbonyl (C=O) groups excluding carboxylic acids is 1. The maximum atomic E-state index is 13.1. The third kappa shape index (κ3) is 4.24. The molecule has 0 radical (unpaired) electrons. The summed E-state index contributed by atoms with van der Waals surface area (Å²) in [7, 11) is 3.11. The van der Waals surface area contributed by atoms with Crippen molar-refractivity contribution in [2.24, 2.45) is 0 Å². The van der Waals surface area contributed by atoms with Crippen LogP contribution in [0.15, 0.2) is 42.9 Å². The zero-order valence-electron chi connectivity index (χ0n) is 18.7. The quantitative estimate of drug-likeness (QED) is 0.570. The molecule has 2 aliphatic heterocycles. The van der Waals surface area contributed by atoms with Crippen molar-refractivity contribution in [3.05, 3.63) is 59.7 Å². The second-order valence-corrected chi connectivity index (χ2v) is 7.96. The van der Waals surface area contributed by atoms with Crippen LogP contribution in [0, 0.1) is 0 Å². The molecule has 0 unspecified atom stereocenters. The number of nitrogens with zero attached hydrogens (tertiary/aromatic N) is 5. The van der Waals surface area contributed by atoms with Crippen LogP contribution in [-0.4, -0.2) is 66.3 Å². The molecule has 0 N–H and O–H groups in total. The molecule has 2 aliphatic rings. The van der Waals surface area contributed by atoms with E-state index in [-0.39, 0.29) is 5.91 Å². The first-order valence-electron chi connectivity index (χ1n) is 10.8. The highest BCUT2D eigenvalue weighted by molar-refractivity contribution is 6.09. The van der Waals surface area contributed by atoms with E-state index < -0.39 is 0 Å². The average molecular weight is 447 g/mol. The van der Waals surface area contributed by atoms with Crippen LogP contribution in [0.5, 0.6) is 11.6 Å². The van der Waals surface area contributed by atoms with Crippen molar-refractivity contribution in [2.45, 2.75) is 13.1 Å². The van der Waals surface area contributed by atoms with Crippen molar-refractivity contribution in [3.63, 3.8) is 0 Å². The topological polar surface area (TPSA) is 89.9 Å². The Bertz CT molecular complexity index is 1180. The minimum atomic E-state index is -0.0696. The van der Waals surface area contributed by atoms with Gasteiger partial charge in [0.05, 0.1) is 62.8 Å². The van der Waals surface area contributed by atoms with Crippen LogP contribution in [0.25, 0.3) is 11.3 Å². The van der Waals surface area contributed by atoms with Crippen LogP contribution in [-0.2, 0) is 17.8 Å². The highest BCUT2D eigenvalue weighted by Gasteiger charge is 2.30. The summed E-state index contributed by atoms with van der Waals surface area (Å²) in [5.74, 6) is 0.867. The first kappa shape index (κ1) is 21.3. The van der Waals surface area contributed by atoms with Gasteiger partial charge in [-0.05, 0) is 29.8 Å². The number of ether oxygens (including phenoxy) is 3. The SMILES string of the molecule is COc1cc(-c2ccc3c(n2)CN(c2cncc(CN4CCOCC4)c2)C3=O)cnc1OC. The Morgan fingerprint density at radius 2 is 1.91 bits per heavy atom. The Morgan fingerprint density at radius 1 is 1.06 bits per heavy atom. The van der Waals surface area contributed by atoms with Crippen LogP contribution in [0.4, 0.5) is 5.69 Å². The number of aromatic nitrogens is 3. The lowest BCUT2D eigenvalue weighted by Crippen LogP contribution is -2.35. The van der Waals surface area contributed by atoms with Crippen LogP contribution in [0.2, 0.25) is 0 Å². The van der Waals surface area contributed by atoms with Gasteiger partial charge in [0.2, 0.25) is 0 Å². The summed E-state index contributed by atoms with van der Waals surface area (Å²) in [6.45, 7) is 4.47. The fraction of sp³-hybridized carbons (Fsp3) is 0.333. The summed E-state index contributed by atoms with van der Waals surface area (Å²) < 4.78 is 16.0. The number of anilines is 1. The molecule has 170 valence electrons. The zero-order chi connectivity index (χ0) is 22.8. The molecule has 1 amide bonds. The molecule has 0 bridgehead atoms. The fourth-order valence-corrected chi connectivity index (χ4v) is 4.15. The third-order valence-electron chi connectivity index (χ3n) is 5.89. The highest BCUT2D eigenvalue weighted by atomic mass is 16.5. The van der Waals surface area contributed by atoms with E-state index in [4.69, 9.17) is 19.2 Å². The predicted octanol–water partition coefficient (Wildman–Crippen LogP) is 2.55. The molecule has 0 aromatic carbocycles. The normalized spacial score (nSPS) is 16.1. The molecule has 9 heteroatoms. The maximum absolute atomic E-state index is 13.1. The average Bonchev–Trinajstić information content (AvgIpc) is 3.20. The van der Waals surface area contributed by atoms with E-state index in [1.54, 1.807) is 31.5 Å². The van der Waals surface area contributed by atoms with Crippen LogP contribution >= 0.6 is 0 Å². The summed E-state index contributed by atoms with van der Waals surface area (Å²) >= 11 is 0. The minimum Gasteiger partial charge on any atom is -0.491 e.